The summed E-state index contributed by atoms with van der Waals surface area (Å²) in [4.78, 5) is 2.43. The van der Waals surface area contributed by atoms with Crippen LogP contribution in [0.4, 0.5) is 17.1 Å². The molecule has 1 aliphatic heterocycles. The van der Waals surface area contributed by atoms with Crippen LogP contribution >= 0.6 is 0 Å². The van der Waals surface area contributed by atoms with Gasteiger partial charge < -0.3 is 9.64 Å². The number of fused-ring (bicyclic) bond motifs is 8. The van der Waals surface area contributed by atoms with E-state index in [-0.39, 0.29) is 5.41 Å². The first-order chi connectivity index (χ1) is 26.1. The van der Waals surface area contributed by atoms with E-state index in [2.05, 4.69) is 195 Å². The number of benzene rings is 8. The molecule has 8 aromatic carbocycles. The Bertz CT molecular complexity index is 2670. The van der Waals surface area contributed by atoms with E-state index in [9.17, 15) is 0 Å². The van der Waals surface area contributed by atoms with Crippen molar-refractivity contribution in [2.75, 3.05) is 4.90 Å². The Morgan fingerprint density at radius 3 is 1.72 bits per heavy atom. The molecular weight excluding hydrogens is 643 g/mol. The highest BCUT2D eigenvalue weighted by Crippen LogP contribution is 2.53. The van der Waals surface area contributed by atoms with E-state index < -0.39 is 0 Å². The van der Waals surface area contributed by atoms with Gasteiger partial charge in [0.1, 0.15) is 11.5 Å². The third-order valence-corrected chi connectivity index (χ3v) is 11.1. The molecule has 0 bridgehead atoms. The van der Waals surface area contributed by atoms with Crippen LogP contribution in [0.1, 0.15) is 25.0 Å². The van der Waals surface area contributed by atoms with Gasteiger partial charge in [0.05, 0.1) is 5.69 Å². The molecule has 252 valence electrons. The standard InChI is InChI=1S/C51H37NO/c1-51(2)45-23-10-6-18-40(45)41-32-31-37(33-46(41)51)52(47-24-11-7-17-38(47)34-15-4-3-5-16-34)36-29-27-35(28-30-36)39-21-14-22-43-42-19-8-12-25-48(42)53-49-26-13-9-20-44(49)50(39)43/h3-33H,1-2H3. The predicted molar refractivity (Wildman–Crippen MR) is 221 cm³/mol. The van der Waals surface area contributed by atoms with E-state index in [4.69, 9.17) is 4.74 Å². The molecule has 0 fully saturated rings. The summed E-state index contributed by atoms with van der Waals surface area (Å²) in [5.74, 6) is 1.74. The maximum Gasteiger partial charge on any atom is 0.135 e. The normalized spacial score (nSPS) is 13.0. The van der Waals surface area contributed by atoms with Crippen molar-refractivity contribution in [3.05, 3.63) is 199 Å². The van der Waals surface area contributed by atoms with Crippen LogP contribution < -0.4 is 9.64 Å². The zero-order chi connectivity index (χ0) is 35.5. The summed E-state index contributed by atoms with van der Waals surface area (Å²) in [6, 6.07) is 67.8. The van der Waals surface area contributed by atoms with Gasteiger partial charge in [-0.2, -0.15) is 0 Å². The van der Waals surface area contributed by atoms with Crippen LogP contribution in [0.15, 0.2) is 188 Å². The van der Waals surface area contributed by atoms with Crippen molar-refractivity contribution in [3.8, 4) is 67.1 Å². The average molecular weight is 680 g/mol. The van der Waals surface area contributed by atoms with Crippen LogP contribution in [0.5, 0.6) is 11.5 Å². The number of hydrogen-bond acceptors (Lipinski definition) is 2. The Hall–Kier alpha value is -6.64. The van der Waals surface area contributed by atoms with Gasteiger partial charge in [-0.25, -0.2) is 0 Å². The van der Waals surface area contributed by atoms with Crippen molar-refractivity contribution in [1.82, 2.24) is 0 Å². The largest absolute Gasteiger partial charge is 0.456 e. The van der Waals surface area contributed by atoms with E-state index >= 15 is 0 Å². The lowest BCUT2D eigenvalue weighted by atomic mass is 9.82. The molecule has 2 heteroatoms. The number of hydrogen-bond donors (Lipinski definition) is 0. The van der Waals surface area contributed by atoms with Crippen LogP contribution in [0.3, 0.4) is 0 Å². The lowest BCUT2D eigenvalue weighted by molar-refractivity contribution is 0.488. The summed E-state index contributed by atoms with van der Waals surface area (Å²) in [6.45, 7) is 4.70. The summed E-state index contributed by atoms with van der Waals surface area (Å²) in [6.07, 6.45) is 0. The molecule has 1 aliphatic carbocycles. The number of nitrogens with zero attached hydrogens (tertiary/aromatic N) is 1. The van der Waals surface area contributed by atoms with Gasteiger partial charge in [0.15, 0.2) is 0 Å². The maximum absolute atomic E-state index is 6.53. The molecule has 2 aliphatic rings. The van der Waals surface area contributed by atoms with Crippen LogP contribution in [-0.2, 0) is 5.41 Å². The Morgan fingerprint density at radius 1 is 0.377 bits per heavy atom. The zero-order valence-corrected chi connectivity index (χ0v) is 29.8. The zero-order valence-electron chi connectivity index (χ0n) is 29.8. The van der Waals surface area contributed by atoms with Crippen molar-refractivity contribution < 1.29 is 4.74 Å². The first-order valence-corrected chi connectivity index (χ1v) is 18.4. The summed E-state index contributed by atoms with van der Waals surface area (Å²) in [5, 5.41) is 0. The maximum atomic E-state index is 6.53. The fourth-order valence-corrected chi connectivity index (χ4v) is 8.55. The van der Waals surface area contributed by atoms with Crippen molar-refractivity contribution >= 4 is 17.1 Å². The summed E-state index contributed by atoms with van der Waals surface area (Å²) >= 11 is 0. The van der Waals surface area contributed by atoms with Crippen molar-refractivity contribution in [1.29, 1.82) is 0 Å². The minimum atomic E-state index is -0.111. The van der Waals surface area contributed by atoms with Crippen molar-refractivity contribution in [2.45, 2.75) is 19.3 Å². The topological polar surface area (TPSA) is 12.5 Å². The van der Waals surface area contributed by atoms with E-state index in [0.717, 1.165) is 45.3 Å². The number of anilines is 3. The molecular formula is C51H37NO. The van der Waals surface area contributed by atoms with Crippen molar-refractivity contribution in [2.24, 2.45) is 0 Å². The molecule has 0 spiro atoms. The molecule has 8 aromatic rings. The second-order valence-electron chi connectivity index (χ2n) is 14.5. The van der Waals surface area contributed by atoms with Gasteiger partial charge in [-0.3, -0.25) is 0 Å². The van der Waals surface area contributed by atoms with Crippen molar-refractivity contribution in [3.63, 3.8) is 0 Å². The number of para-hydroxylation sites is 3. The lowest BCUT2D eigenvalue weighted by Gasteiger charge is -2.30. The Balaban J connectivity index is 1.14. The third-order valence-electron chi connectivity index (χ3n) is 11.1. The highest BCUT2D eigenvalue weighted by Gasteiger charge is 2.36. The first-order valence-electron chi connectivity index (χ1n) is 18.4. The molecule has 1 heterocycles. The molecule has 2 nitrogen and oxygen atoms in total. The van der Waals surface area contributed by atoms with Gasteiger partial charge in [-0.1, -0.05) is 159 Å². The first kappa shape index (κ1) is 31.1. The molecule has 0 aromatic heterocycles. The molecule has 0 saturated heterocycles. The quantitative estimate of drug-likeness (QED) is 0.180. The summed E-state index contributed by atoms with van der Waals surface area (Å²) in [5.41, 5.74) is 17.9. The fraction of sp³-hybridized carbons (Fsp3) is 0.0588. The Morgan fingerprint density at radius 2 is 0.925 bits per heavy atom. The van der Waals surface area contributed by atoms with Gasteiger partial charge in [0.2, 0.25) is 0 Å². The second-order valence-corrected chi connectivity index (χ2v) is 14.5. The molecule has 53 heavy (non-hydrogen) atoms. The van der Waals surface area contributed by atoms with E-state index in [1.807, 2.05) is 12.1 Å². The van der Waals surface area contributed by atoms with Gasteiger partial charge in [0.25, 0.3) is 0 Å². The van der Waals surface area contributed by atoms with Crippen LogP contribution in [0.25, 0.3) is 55.6 Å². The molecule has 10 rings (SSSR count). The Labute approximate surface area is 311 Å². The van der Waals surface area contributed by atoms with Crippen LogP contribution in [0, 0.1) is 0 Å². The molecule has 0 radical (unpaired) electrons. The smallest absolute Gasteiger partial charge is 0.135 e. The third kappa shape index (κ3) is 5.02. The molecule has 0 saturated carbocycles. The SMILES string of the molecule is CC1(C)c2ccccc2-c2ccc(N(c3ccc(-c4cccc5c4-c4ccccc4Oc4ccccc4-5)cc3)c3ccccc3-c3ccccc3)cc21. The second kappa shape index (κ2) is 12.3. The monoisotopic (exact) mass is 679 g/mol. The fourth-order valence-electron chi connectivity index (χ4n) is 8.55. The van der Waals surface area contributed by atoms with Gasteiger partial charge in [-0.05, 0) is 87.0 Å². The minimum Gasteiger partial charge on any atom is -0.456 e. The highest BCUT2D eigenvalue weighted by atomic mass is 16.5. The Kier molecular flexibility index (Phi) is 7.19. The average Bonchev–Trinajstić information content (AvgIpc) is 3.34. The van der Waals surface area contributed by atoms with Crippen LogP contribution in [-0.4, -0.2) is 0 Å². The predicted octanol–water partition coefficient (Wildman–Crippen LogP) is 14.2. The van der Waals surface area contributed by atoms with E-state index in [0.29, 0.717) is 0 Å². The minimum absolute atomic E-state index is 0.111. The number of ether oxygens (including phenoxy) is 1. The van der Waals surface area contributed by atoms with Crippen LogP contribution in [0.2, 0.25) is 0 Å². The summed E-state index contributed by atoms with van der Waals surface area (Å²) in [7, 11) is 0. The number of rotatable bonds is 5. The van der Waals surface area contributed by atoms with E-state index in [1.165, 1.54) is 50.1 Å². The van der Waals surface area contributed by atoms with Gasteiger partial charge in [0, 0.05) is 39.0 Å². The molecule has 0 amide bonds. The molecule has 0 unspecified atom stereocenters. The van der Waals surface area contributed by atoms with Gasteiger partial charge >= 0.3 is 0 Å². The summed E-state index contributed by atoms with van der Waals surface area (Å²) < 4.78 is 6.53. The van der Waals surface area contributed by atoms with E-state index in [1.54, 1.807) is 0 Å². The molecule has 0 atom stereocenters. The van der Waals surface area contributed by atoms with Gasteiger partial charge in [-0.15, -0.1) is 0 Å². The lowest BCUT2D eigenvalue weighted by Crippen LogP contribution is -2.16. The molecule has 0 N–H and O–H groups in total. The highest BCUT2D eigenvalue weighted by molar-refractivity contribution is 5.99.